The van der Waals surface area contributed by atoms with Crippen LogP contribution < -0.4 is 5.73 Å². The first-order valence-corrected chi connectivity index (χ1v) is 5.82. The molecule has 0 aliphatic carbocycles. The van der Waals surface area contributed by atoms with Crippen molar-refractivity contribution in [2.24, 2.45) is 5.73 Å². The number of carbonyl (C=O) groups excluding carboxylic acids is 1. The van der Waals surface area contributed by atoms with Gasteiger partial charge in [-0.3, -0.25) is 9.69 Å². The minimum Gasteiger partial charge on any atom is -0.464 e. The van der Waals surface area contributed by atoms with Gasteiger partial charge in [0.2, 0.25) is 0 Å². The van der Waals surface area contributed by atoms with Crippen LogP contribution in [0.3, 0.4) is 0 Å². The van der Waals surface area contributed by atoms with Crippen molar-refractivity contribution in [1.29, 1.82) is 0 Å². The van der Waals surface area contributed by atoms with Crippen LogP contribution in [-0.2, 0) is 9.53 Å². The Morgan fingerprint density at radius 1 is 1.20 bits per heavy atom. The van der Waals surface area contributed by atoms with Crippen molar-refractivity contribution >= 4 is 5.97 Å². The van der Waals surface area contributed by atoms with Gasteiger partial charge in [0.15, 0.2) is 0 Å². The Morgan fingerprint density at radius 3 is 2.27 bits per heavy atom. The van der Waals surface area contributed by atoms with Gasteiger partial charge in [-0.15, -0.1) is 0 Å². The molecule has 0 unspecified atom stereocenters. The lowest BCUT2D eigenvalue weighted by Crippen LogP contribution is -2.30. The van der Waals surface area contributed by atoms with Crippen molar-refractivity contribution in [2.45, 2.75) is 33.1 Å². The zero-order valence-corrected chi connectivity index (χ0v) is 10.00. The average molecular weight is 216 g/mol. The predicted octanol–water partition coefficient (Wildman–Crippen LogP) is 1.00. The lowest BCUT2D eigenvalue weighted by atomic mass is 10.3. The summed E-state index contributed by atoms with van der Waals surface area (Å²) in [6, 6.07) is 0. The van der Waals surface area contributed by atoms with E-state index in [9.17, 15) is 4.79 Å². The standard InChI is InChI=1S/C11H24N2O2/c1-3-7-13(8-4-2)9-10-15-11(14)5-6-12/h3-10,12H2,1-2H3. The van der Waals surface area contributed by atoms with Gasteiger partial charge in [0.1, 0.15) is 6.61 Å². The maximum absolute atomic E-state index is 11.0. The van der Waals surface area contributed by atoms with Crippen molar-refractivity contribution in [3.8, 4) is 0 Å². The third-order valence-corrected chi connectivity index (χ3v) is 2.10. The van der Waals surface area contributed by atoms with Crippen LogP contribution in [0.2, 0.25) is 0 Å². The highest BCUT2D eigenvalue weighted by atomic mass is 16.5. The van der Waals surface area contributed by atoms with Gasteiger partial charge in [-0.1, -0.05) is 13.8 Å². The Morgan fingerprint density at radius 2 is 1.80 bits per heavy atom. The van der Waals surface area contributed by atoms with E-state index < -0.39 is 0 Å². The van der Waals surface area contributed by atoms with E-state index in [1.807, 2.05) is 0 Å². The number of hydrogen-bond acceptors (Lipinski definition) is 4. The largest absolute Gasteiger partial charge is 0.464 e. The third-order valence-electron chi connectivity index (χ3n) is 2.10. The van der Waals surface area contributed by atoms with Crippen LogP contribution in [0.4, 0.5) is 0 Å². The molecule has 0 aliphatic rings. The fourth-order valence-electron chi connectivity index (χ4n) is 1.45. The molecule has 0 aliphatic heterocycles. The number of nitrogens with two attached hydrogens (primary N) is 1. The maximum Gasteiger partial charge on any atom is 0.307 e. The summed E-state index contributed by atoms with van der Waals surface area (Å²) in [7, 11) is 0. The van der Waals surface area contributed by atoms with Crippen molar-refractivity contribution < 1.29 is 9.53 Å². The first-order valence-electron chi connectivity index (χ1n) is 5.82. The predicted molar refractivity (Wildman–Crippen MR) is 61.7 cm³/mol. The van der Waals surface area contributed by atoms with Gasteiger partial charge in [-0.05, 0) is 25.9 Å². The zero-order chi connectivity index (χ0) is 11.5. The smallest absolute Gasteiger partial charge is 0.307 e. The summed E-state index contributed by atoms with van der Waals surface area (Å²) < 4.78 is 5.04. The first kappa shape index (κ1) is 14.4. The molecule has 0 aromatic heterocycles. The summed E-state index contributed by atoms with van der Waals surface area (Å²) >= 11 is 0. The van der Waals surface area contributed by atoms with Gasteiger partial charge in [0, 0.05) is 13.1 Å². The number of esters is 1. The molecule has 2 N–H and O–H groups in total. The van der Waals surface area contributed by atoms with E-state index in [-0.39, 0.29) is 5.97 Å². The third kappa shape index (κ3) is 8.39. The van der Waals surface area contributed by atoms with Crippen LogP contribution in [0, 0.1) is 0 Å². The molecular formula is C11H24N2O2. The van der Waals surface area contributed by atoms with Gasteiger partial charge in [-0.25, -0.2) is 0 Å². The number of hydrogen-bond donors (Lipinski definition) is 1. The van der Waals surface area contributed by atoms with E-state index in [0.29, 0.717) is 19.6 Å². The molecule has 4 nitrogen and oxygen atoms in total. The second-order valence-corrected chi connectivity index (χ2v) is 3.60. The van der Waals surface area contributed by atoms with Crippen LogP contribution in [0.5, 0.6) is 0 Å². The van der Waals surface area contributed by atoms with Crippen LogP contribution >= 0.6 is 0 Å². The molecule has 0 atom stereocenters. The van der Waals surface area contributed by atoms with Gasteiger partial charge < -0.3 is 10.5 Å². The molecular weight excluding hydrogens is 192 g/mol. The summed E-state index contributed by atoms with van der Waals surface area (Å²) in [6.07, 6.45) is 2.59. The summed E-state index contributed by atoms with van der Waals surface area (Å²) in [5.74, 6) is -0.189. The summed E-state index contributed by atoms with van der Waals surface area (Å²) in [5, 5.41) is 0. The molecule has 0 aromatic carbocycles. The Labute approximate surface area is 92.8 Å². The second kappa shape index (κ2) is 9.93. The quantitative estimate of drug-likeness (QED) is 0.584. The van der Waals surface area contributed by atoms with E-state index >= 15 is 0 Å². The maximum atomic E-state index is 11.0. The molecule has 0 saturated heterocycles. The van der Waals surface area contributed by atoms with Crippen LogP contribution in [0.15, 0.2) is 0 Å². The molecule has 0 rings (SSSR count). The van der Waals surface area contributed by atoms with Crippen LogP contribution in [0.1, 0.15) is 33.1 Å². The normalized spacial score (nSPS) is 10.7. The van der Waals surface area contributed by atoms with Crippen LogP contribution in [-0.4, -0.2) is 43.7 Å². The number of nitrogens with zero attached hydrogens (tertiary/aromatic N) is 1. The lowest BCUT2D eigenvalue weighted by molar-refractivity contribution is -0.143. The molecule has 0 heterocycles. The Kier molecular flexibility index (Phi) is 9.52. The number of carbonyl (C=O) groups is 1. The Balaban J connectivity index is 3.55. The Bertz CT molecular complexity index is 157. The van der Waals surface area contributed by atoms with E-state index in [2.05, 4.69) is 18.7 Å². The summed E-state index contributed by atoms with van der Waals surface area (Å²) in [6.45, 7) is 8.14. The minimum absolute atomic E-state index is 0.189. The van der Waals surface area contributed by atoms with Crippen molar-refractivity contribution in [2.75, 3.05) is 32.8 Å². The fraction of sp³-hybridized carbons (Fsp3) is 0.909. The van der Waals surface area contributed by atoms with Crippen LogP contribution in [0.25, 0.3) is 0 Å². The minimum atomic E-state index is -0.189. The average Bonchev–Trinajstić information content (AvgIpc) is 2.19. The molecule has 15 heavy (non-hydrogen) atoms. The summed E-state index contributed by atoms with van der Waals surface area (Å²) in [5.41, 5.74) is 5.25. The second-order valence-electron chi connectivity index (χ2n) is 3.60. The van der Waals surface area contributed by atoms with E-state index in [4.69, 9.17) is 10.5 Å². The molecule has 0 bridgehead atoms. The molecule has 0 amide bonds. The highest BCUT2D eigenvalue weighted by Crippen LogP contribution is 1.94. The molecule has 90 valence electrons. The van der Waals surface area contributed by atoms with Gasteiger partial charge in [0.05, 0.1) is 6.42 Å². The molecule has 0 aromatic rings. The highest BCUT2D eigenvalue weighted by molar-refractivity contribution is 5.69. The van der Waals surface area contributed by atoms with E-state index in [1.165, 1.54) is 0 Å². The van der Waals surface area contributed by atoms with E-state index in [0.717, 1.165) is 32.5 Å². The first-order chi connectivity index (χ1) is 7.24. The van der Waals surface area contributed by atoms with Gasteiger partial charge in [-0.2, -0.15) is 0 Å². The lowest BCUT2D eigenvalue weighted by Gasteiger charge is -2.20. The number of ether oxygens (including phenoxy) is 1. The Hall–Kier alpha value is -0.610. The zero-order valence-electron chi connectivity index (χ0n) is 10.00. The van der Waals surface area contributed by atoms with Gasteiger partial charge >= 0.3 is 5.97 Å². The molecule has 0 saturated carbocycles. The highest BCUT2D eigenvalue weighted by Gasteiger charge is 2.04. The summed E-state index contributed by atoms with van der Waals surface area (Å²) in [4.78, 5) is 13.3. The van der Waals surface area contributed by atoms with Gasteiger partial charge in [0.25, 0.3) is 0 Å². The van der Waals surface area contributed by atoms with Crippen molar-refractivity contribution in [3.05, 3.63) is 0 Å². The SMILES string of the molecule is CCCN(CCC)CCOC(=O)CCN. The molecule has 0 radical (unpaired) electrons. The van der Waals surface area contributed by atoms with Crippen molar-refractivity contribution in [1.82, 2.24) is 4.90 Å². The number of rotatable bonds is 9. The molecule has 0 spiro atoms. The van der Waals surface area contributed by atoms with E-state index in [1.54, 1.807) is 0 Å². The molecule has 4 heteroatoms. The molecule has 0 fully saturated rings. The topological polar surface area (TPSA) is 55.6 Å². The monoisotopic (exact) mass is 216 g/mol. The fourth-order valence-corrected chi connectivity index (χ4v) is 1.45. The van der Waals surface area contributed by atoms with Crippen molar-refractivity contribution in [3.63, 3.8) is 0 Å².